The fraction of sp³-hybridized carbons (Fsp3) is 0.333. The molecule has 80 valence electrons. The normalized spacial score (nSPS) is 9.53. The monoisotopic (exact) mass is 206 g/mol. The van der Waals surface area contributed by atoms with E-state index in [4.69, 9.17) is 5.73 Å². The molecule has 0 unspecified atom stereocenters. The van der Waals surface area contributed by atoms with Crippen molar-refractivity contribution < 1.29 is 4.39 Å². The molecule has 1 aromatic rings. The van der Waals surface area contributed by atoms with Crippen LogP contribution in [0, 0.1) is 24.6 Å². The second kappa shape index (κ2) is 5.38. The van der Waals surface area contributed by atoms with Gasteiger partial charge in [-0.3, -0.25) is 0 Å². The molecule has 0 aliphatic carbocycles. The quantitative estimate of drug-likeness (QED) is 0.439. The van der Waals surface area contributed by atoms with Gasteiger partial charge in [0.2, 0.25) is 0 Å². The van der Waals surface area contributed by atoms with Gasteiger partial charge in [0.25, 0.3) is 0 Å². The van der Waals surface area contributed by atoms with E-state index in [1.807, 2.05) is 14.0 Å². The fourth-order valence-corrected chi connectivity index (χ4v) is 1.18. The number of nitrogens with two attached hydrogens (primary N) is 1. The number of nitrogen functional groups attached to an aromatic ring is 1. The lowest BCUT2D eigenvalue weighted by Gasteiger charge is -2.02. The van der Waals surface area contributed by atoms with Crippen LogP contribution >= 0.6 is 0 Å². The number of halogens is 1. The third kappa shape index (κ3) is 3.26. The summed E-state index contributed by atoms with van der Waals surface area (Å²) in [6.07, 6.45) is 0.742. The van der Waals surface area contributed by atoms with E-state index in [0.717, 1.165) is 18.5 Å². The maximum atomic E-state index is 13.0. The van der Waals surface area contributed by atoms with Crippen molar-refractivity contribution in [1.29, 1.82) is 0 Å². The third-order valence-corrected chi connectivity index (χ3v) is 2.14. The van der Waals surface area contributed by atoms with Crippen molar-refractivity contribution in [1.82, 2.24) is 5.32 Å². The summed E-state index contributed by atoms with van der Waals surface area (Å²) in [5, 5.41) is 2.99. The van der Waals surface area contributed by atoms with Crippen molar-refractivity contribution in [2.75, 3.05) is 19.3 Å². The predicted molar refractivity (Wildman–Crippen MR) is 61.0 cm³/mol. The molecule has 0 amide bonds. The Balaban J connectivity index is 2.88. The Morgan fingerprint density at radius 3 is 2.87 bits per heavy atom. The molecule has 0 saturated heterocycles. The zero-order valence-electron chi connectivity index (χ0n) is 9.02. The minimum absolute atomic E-state index is 0.337. The van der Waals surface area contributed by atoms with Crippen molar-refractivity contribution in [2.45, 2.75) is 13.3 Å². The van der Waals surface area contributed by atoms with Crippen LogP contribution in [0.15, 0.2) is 12.1 Å². The van der Waals surface area contributed by atoms with Gasteiger partial charge >= 0.3 is 0 Å². The summed E-state index contributed by atoms with van der Waals surface area (Å²) in [4.78, 5) is 0. The van der Waals surface area contributed by atoms with Gasteiger partial charge in [0.1, 0.15) is 5.82 Å². The summed E-state index contributed by atoms with van der Waals surface area (Å²) in [6, 6.07) is 2.73. The maximum absolute atomic E-state index is 13.0. The number of hydrogen-bond donors (Lipinski definition) is 2. The lowest BCUT2D eigenvalue weighted by Crippen LogP contribution is -2.05. The SMILES string of the molecule is CNCCC#Cc1cc(F)cc(N)c1C. The van der Waals surface area contributed by atoms with Crippen LogP contribution in [0.1, 0.15) is 17.5 Å². The molecule has 0 bridgehead atoms. The molecule has 15 heavy (non-hydrogen) atoms. The van der Waals surface area contributed by atoms with Crippen LogP contribution in [0.2, 0.25) is 0 Å². The number of benzene rings is 1. The van der Waals surface area contributed by atoms with Crippen LogP contribution in [0.5, 0.6) is 0 Å². The first kappa shape index (κ1) is 11.5. The smallest absolute Gasteiger partial charge is 0.126 e. The summed E-state index contributed by atoms with van der Waals surface area (Å²) in [5.74, 6) is 5.55. The van der Waals surface area contributed by atoms with Crippen molar-refractivity contribution in [2.24, 2.45) is 0 Å². The maximum Gasteiger partial charge on any atom is 0.126 e. The average Bonchev–Trinajstić information content (AvgIpc) is 2.19. The topological polar surface area (TPSA) is 38.0 Å². The van der Waals surface area contributed by atoms with Crippen molar-refractivity contribution in [3.63, 3.8) is 0 Å². The van der Waals surface area contributed by atoms with Gasteiger partial charge in [-0.05, 0) is 31.7 Å². The first-order valence-corrected chi connectivity index (χ1v) is 4.84. The standard InChI is InChI=1S/C12H15FN2/c1-9-10(5-3-4-6-15-2)7-11(13)8-12(9)14/h7-8,15H,4,6,14H2,1-2H3. The molecule has 0 fully saturated rings. The minimum Gasteiger partial charge on any atom is -0.398 e. The highest BCUT2D eigenvalue weighted by Gasteiger charge is 2.02. The van der Waals surface area contributed by atoms with Crippen LogP contribution in [-0.4, -0.2) is 13.6 Å². The lowest BCUT2D eigenvalue weighted by molar-refractivity contribution is 0.627. The Morgan fingerprint density at radius 2 is 2.20 bits per heavy atom. The molecule has 0 aliphatic rings. The second-order valence-corrected chi connectivity index (χ2v) is 3.32. The van der Waals surface area contributed by atoms with Gasteiger partial charge in [0, 0.05) is 24.2 Å². The predicted octanol–water partition coefficient (Wildman–Crippen LogP) is 1.68. The first-order valence-electron chi connectivity index (χ1n) is 4.84. The van der Waals surface area contributed by atoms with E-state index >= 15 is 0 Å². The number of rotatable bonds is 2. The van der Waals surface area contributed by atoms with E-state index in [0.29, 0.717) is 11.3 Å². The van der Waals surface area contributed by atoms with Gasteiger partial charge < -0.3 is 11.1 Å². The highest BCUT2D eigenvalue weighted by molar-refractivity contribution is 5.55. The van der Waals surface area contributed by atoms with Crippen LogP contribution in [0.4, 0.5) is 10.1 Å². The Morgan fingerprint density at radius 1 is 1.47 bits per heavy atom. The summed E-state index contributed by atoms with van der Waals surface area (Å²) in [5.41, 5.74) is 7.59. The molecule has 0 radical (unpaired) electrons. The molecule has 1 aromatic carbocycles. The van der Waals surface area contributed by atoms with Crippen molar-refractivity contribution >= 4 is 5.69 Å². The van der Waals surface area contributed by atoms with E-state index in [-0.39, 0.29) is 5.82 Å². The average molecular weight is 206 g/mol. The van der Waals surface area contributed by atoms with Gasteiger partial charge in [-0.25, -0.2) is 4.39 Å². The molecule has 0 atom stereocenters. The Hall–Kier alpha value is -1.53. The van der Waals surface area contributed by atoms with Gasteiger partial charge in [-0.1, -0.05) is 11.8 Å². The summed E-state index contributed by atoms with van der Waals surface area (Å²) < 4.78 is 13.0. The molecular weight excluding hydrogens is 191 g/mol. The number of hydrogen-bond acceptors (Lipinski definition) is 2. The Kier molecular flexibility index (Phi) is 4.14. The van der Waals surface area contributed by atoms with Crippen molar-refractivity contribution in [3.8, 4) is 11.8 Å². The zero-order chi connectivity index (χ0) is 11.3. The number of nitrogens with one attached hydrogen (secondary N) is 1. The molecule has 0 heterocycles. The highest BCUT2D eigenvalue weighted by atomic mass is 19.1. The Bertz CT molecular complexity index is 402. The Labute approximate surface area is 89.7 Å². The molecule has 3 N–H and O–H groups in total. The summed E-state index contributed by atoms with van der Waals surface area (Å²) in [6.45, 7) is 2.67. The van der Waals surface area contributed by atoms with Crippen LogP contribution in [0.25, 0.3) is 0 Å². The fourth-order valence-electron chi connectivity index (χ4n) is 1.18. The zero-order valence-corrected chi connectivity index (χ0v) is 9.02. The summed E-state index contributed by atoms with van der Waals surface area (Å²) >= 11 is 0. The van der Waals surface area contributed by atoms with Crippen LogP contribution in [0.3, 0.4) is 0 Å². The highest BCUT2D eigenvalue weighted by Crippen LogP contribution is 2.17. The molecule has 3 heteroatoms. The molecule has 0 spiro atoms. The van der Waals surface area contributed by atoms with E-state index in [1.54, 1.807) is 0 Å². The largest absolute Gasteiger partial charge is 0.398 e. The second-order valence-electron chi connectivity index (χ2n) is 3.32. The van der Waals surface area contributed by atoms with E-state index in [1.165, 1.54) is 12.1 Å². The minimum atomic E-state index is -0.337. The third-order valence-electron chi connectivity index (χ3n) is 2.14. The molecule has 0 saturated carbocycles. The molecule has 2 nitrogen and oxygen atoms in total. The van der Waals surface area contributed by atoms with E-state index < -0.39 is 0 Å². The van der Waals surface area contributed by atoms with Gasteiger partial charge in [0.15, 0.2) is 0 Å². The van der Waals surface area contributed by atoms with E-state index in [9.17, 15) is 4.39 Å². The molecule has 0 aliphatic heterocycles. The van der Waals surface area contributed by atoms with Gasteiger partial charge in [-0.15, -0.1) is 0 Å². The number of anilines is 1. The molecule has 1 rings (SSSR count). The van der Waals surface area contributed by atoms with Gasteiger partial charge in [0.05, 0.1) is 0 Å². The van der Waals surface area contributed by atoms with Crippen molar-refractivity contribution in [3.05, 3.63) is 29.1 Å². The van der Waals surface area contributed by atoms with E-state index in [2.05, 4.69) is 17.2 Å². The summed E-state index contributed by atoms with van der Waals surface area (Å²) in [7, 11) is 1.87. The van der Waals surface area contributed by atoms with Crippen LogP contribution in [-0.2, 0) is 0 Å². The van der Waals surface area contributed by atoms with Gasteiger partial charge in [-0.2, -0.15) is 0 Å². The molecular formula is C12H15FN2. The lowest BCUT2D eigenvalue weighted by atomic mass is 10.1. The first-order chi connectivity index (χ1) is 7.15. The molecule has 0 aromatic heterocycles. The van der Waals surface area contributed by atoms with Crippen LogP contribution < -0.4 is 11.1 Å².